The molecule has 0 amide bonds. The van der Waals surface area contributed by atoms with Crippen molar-refractivity contribution < 1.29 is 20.1 Å². The van der Waals surface area contributed by atoms with Gasteiger partial charge in [0.2, 0.25) is 0 Å². The van der Waals surface area contributed by atoms with Crippen molar-refractivity contribution in [2.24, 2.45) is 0 Å². The van der Waals surface area contributed by atoms with Crippen molar-refractivity contribution in [2.75, 3.05) is 0 Å². The van der Waals surface area contributed by atoms with Gasteiger partial charge in [0, 0.05) is 43.5 Å². The van der Waals surface area contributed by atoms with Crippen LogP contribution in [0.4, 0.5) is 0 Å². The number of fused-ring (bicyclic) bond motifs is 8. The van der Waals surface area contributed by atoms with Crippen molar-refractivity contribution in [3.8, 4) is 11.3 Å². The zero-order valence-corrected chi connectivity index (χ0v) is 20.4. The average molecular weight is 615 g/mol. The van der Waals surface area contributed by atoms with E-state index in [0.717, 1.165) is 49.7 Å². The Kier molecular flexibility index (Phi) is 6.13. The maximum absolute atomic E-state index is 4.81. The third kappa shape index (κ3) is 3.86. The summed E-state index contributed by atoms with van der Waals surface area (Å²) in [6.07, 6.45) is 3.61. The zero-order valence-electron chi connectivity index (χ0n) is 18.0. The van der Waals surface area contributed by atoms with Gasteiger partial charge in [-0.15, -0.1) is 65.5 Å². The van der Waals surface area contributed by atoms with Crippen molar-refractivity contribution in [2.45, 2.75) is 0 Å². The van der Waals surface area contributed by atoms with E-state index in [1.54, 1.807) is 6.20 Å². The topological polar surface area (TPSA) is 43.1 Å². The van der Waals surface area contributed by atoms with E-state index in [4.69, 9.17) is 4.98 Å². The molecule has 0 spiro atoms. The quantitative estimate of drug-likeness (QED) is 0.156. The Morgan fingerprint density at radius 1 is 0.647 bits per heavy atom. The number of aromatic nitrogens is 4. The molecule has 0 saturated carbocycles. The first-order chi connectivity index (χ1) is 16.4. The summed E-state index contributed by atoms with van der Waals surface area (Å²) in [5, 5.41) is 2.11. The molecule has 7 rings (SSSR count). The fourth-order valence-electron chi connectivity index (χ4n) is 4.11. The second kappa shape index (κ2) is 9.52. The van der Waals surface area contributed by atoms with Crippen LogP contribution < -0.4 is 0 Å². The molecule has 7 aromatic rings. The second-order valence-corrected chi connectivity index (χ2v) is 7.58. The summed E-state index contributed by atoms with van der Waals surface area (Å²) < 4.78 is 2.19. The maximum atomic E-state index is 4.81. The fourth-order valence-corrected chi connectivity index (χ4v) is 4.11. The van der Waals surface area contributed by atoms with Gasteiger partial charge in [-0.05, 0) is 36.0 Å². The van der Waals surface area contributed by atoms with Crippen LogP contribution in [0.25, 0.3) is 49.7 Å². The van der Waals surface area contributed by atoms with E-state index in [1.165, 1.54) is 0 Å². The number of nitrogens with zero attached hydrogens (tertiary/aromatic N) is 4. The van der Waals surface area contributed by atoms with Gasteiger partial charge in [0.25, 0.3) is 0 Å². The molecule has 0 unspecified atom stereocenters. The molecule has 34 heavy (non-hydrogen) atoms. The van der Waals surface area contributed by atoms with Crippen molar-refractivity contribution >= 4 is 38.5 Å². The van der Waals surface area contributed by atoms with Crippen LogP contribution in [0.2, 0.25) is 0 Å². The average Bonchev–Trinajstić information content (AvgIpc) is 3.31. The summed E-state index contributed by atoms with van der Waals surface area (Å²) in [4.78, 5) is 13.6. The largest absolute Gasteiger partial charge is 0.307 e. The number of pyridine rings is 3. The maximum Gasteiger partial charge on any atom is 0.102 e. The zero-order chi connectivity index (χ0) is 22.0. The standard InChI is InChI=1S/C18H10N3.C11H8N.Ir/c1-2-7-13-12(6-1)17-16(10-5-11-19-17)21-15-9-4-3-8-14(15)20-18(13)21;1-2-6-10(7-3-1)11-8-4-5-9-12-11;/h1-5,7-11H;1-6,8-9H;/q2*-1;. The molecule has 0 aliphatic carbocycles. The first kappa shape index (κ1) is 21.9. The minimum absolute atomic E-state index is 0. The van der Waals surface area contributed by atoms with Crippen LogP contribution in [-0.2, 0) is 20.1 Å². The van der Waals surface area contributed by atoms with Crippen molar-refractivity contribution in [1.82, 2.24) is 19.4 Å². The number of rotatable bonds is 1. The molecule has 0 fully saturated rings. The van der Waals surface area contributed by atoms with Crippen molar-refractivity contribution in [3.05, 3.63) is 122 Å². The number of imidazole rings is 1. The van der Waals surface area contributed by atoms with Gasteiger partial charge in [-0.2, -0.15) is 0 Å². The van der Waals surface area contributed by atoms with E-state index >= 15 is 0 Å². The molecule has 5 heteroatoms. The smallest absolute Gasteiger partial charge is 0.102 e. The van der Waals surface area contributed by atoms with Crippen LogP contribution in [0.1, 0.15) is 0 Å². The number of hydrogen-bond acceptors (Lipinski definition) is 3. The molecule has 165 valence electrons. The Labute approximate surface area is 210 Å². The van der Waals surface area contributed by atoms with Gasteiger partial charge in [-0.1, -0.05) is 29.7 Å². The number of hydrogen-bond donors (Lipinski definition) is 0. The van der Waals surface area contributed by atoms with Crippen LogP contribution in [0, 0.1) is 12.1 Å². The van der Waals surface area contributed by atoms with Gasteiger partial charge < -0.3 is 14.4 Å². The summed E-state index contributed by atoms with van der Waals surface area (Å²) >= 11 is 0. The van der Waals surface area contributed by atoms with E-state index in [1.807, 2.05) is 85.1 Å². The minimum atomic E-state index is 0. The van der Waals surface area contributed by atoms with E-state index in [9.17, 15) is 0 Å². The Morgan fingerprint density at radius 3 is 2.29 bits per heavy atom. The Balaban J connectivity index is 0.000000159. The number of para-hydroxylation sites is 2. The third-order valence-electron chi connectivity index (χ3n) is 5.57. The van der Waals surface area contributed by atoms with Gasteiger partial charge in [0.05, 0.1) is 11.0 Å². The molecular weight excluding hydrogens is 597 g/mol. The van der Waals surface area contributed by atoms with Gasteiger partial charge in [0.15, 0.2) is 0 Å². The molecule has 0 N–H and O–H groups in total. The van der Waals surface area contributed by atoms with Crippen LogP contribution in [-0.4, -0.2) is 19.4 Å². The van der Waals surface area contributed by atoms with E-state index in [-0.39, 0.29) is 20.1 Å². The summed E-state index contributed by atoms with van der Waals surface area (Å²) in [6, 6.07) is 38.4. The SMILES string of the molecule is [Ir].[c-]1cccc2c1c1ncccc1n1c3ccccc3nc21.[c-]1ccccc1-c1ccccn1. The molecule has 4 nitrogen and oxygen atoms in total. The predicted molar refractivity (Wildman–Crippen MR) is 133 cm³/mol. The molecule has 0 aliphatic heterocycles. The summed E-state index contributed by atoms with van der Waals surface area (Å²) in [5.74, 6) is 0. The molecule has 0 atom stereocenters. The minimum Gasteiger partial charge on any atom is -0.307 e. The molecular formula is C29H18IrN4-2. The molecule has 4 aromatic heterocycles. The van der Waals surface area contributed by atoms with Gasteiger partial charge in [-0.25, -0.2) is 4.98 Å². The summed E-state index contributed by atoms with van der Waals surface area (Å²) in [5.41, 5.74) is 7.11. The fraction of sp³-hybridized carbons (Fsp3) is 0. The van der Waals surface area contributed by atoms with Gasteiger partial charge in [0.1, 0.15) is 5.65 Å². The van der Waals surface area contributed by atoms with E-state index < -0.39 is 0 Å². The molecule has 0 bridgehead atoms. The molecule has 0 saturated heterocycles. The normalized spacial score (nSPS) is 10.7. The number of benzene rings is 3. The summed E-state index contributed by atoms with van der Waals surface area (Å²) in [7, 11) is 0. The Hall–Kier alpha value is -3.92. The second-order valence-electron chi connectivity index (χ2n) is 7.58. The van der Waals surface area contributed by atoms with Crippen molar-refractivity contribution in [3.63, 3.8) is 0 Å². The molecule has 4 heterocycles. The molecule has 3 aromatic carbocycles. The van der Waals surface area contributed by atoms with Crippen LogP contribution in [0.5, 0.6) is 0 Å². The van der Waals surface area contributed by atoms with E-state index in [2.05, 4.69) is 44.7 Å². The first-order valence-corrected chi connectivity index (χ1v) is 10.7. The van der Waals surface area contributed by atoms with Gasteiger partial charge in [-0.3, -0.25) is 0 Å². The predicted octanol–water partition coefficient (Wildman–Crippen LogP) is 6.54. The molecule has 0 aliphatic rings. The van der Waals surface area contributed by atoms with Crippen LogP contribution >= 0.6 is 0 Å². The van der Waals surface area contributed by atoms with E-state index in [0.29, 0.717) is 0 Å². The monoisotopic (exact) mass is 615 g/mol. The van der Waals surface area contributed by atoms with Crippen LogP contribution in [0.15, 0.2) is 109 Å². The third-order valence-corrected chi connectivity index (χ3v) is 5.57. The van der Waals surface area contributed by atoms with Crippen molar-refractivity contribution in [1.29, 1.82) is 0 Å². The molecule has 1 radical (unpaired) electrons. The first-order valence-electron chi connectivity index (χ1n) is 10.7. The Morgan fingerprint density at radius 2 is 1.44 bits per heavy atom. The summed E-state index contributed by atoms with van der Waals surface area (Å²) in [6.45, 7) is 0. The van der Waals surface area contributed by atoms with Gasteiger partial charge >= 0.3 is 0 Å². The van der Waals surface area contributed by atoms with Crippen LogP contribution in [0.3, 0.4) is 0 Å². The Bertz CT molecular complexity index is 1670.